The Morgan fingerprint density at radius 3 is 2.73 bits per heavy atom. The zero-order valence-electron chi connectivity index (χ0n) is 14.9. The maximum Gasteiger partial charge on any atom is 0.251 e. The number of nitrogens with one attached hydrogen (secondary N) is 2. The lowest BCUT2D eigenvalue weighted by Gasteiger charge is -2.07. The molecule has 0 fully saturated rings. The van der Waals surface area contributed by atoms with E-state index in [9.17, 15) is 9.59 Å². The summed E-state index contributed by atoms with van der Waals surface area (Å²) in [5.41, 5.74) is 1.24. The number of nitrogens with zero attached hydrogens (tertiary/aromatic N) is 1. The van der Waals surface area contributed by atoms with E-state index in [-0.39, 0.29) is 17.2 Å². The Morgan fingerprint density at radius 2 is 2.04 bits per heavy atom. The molecule has 1 aromatic carbocycles. The predicted molar refractivity (Wildman–Crippen MR) is 108 cm³/mol. The highest BCUT2D eigenvalue weighted by Gasteiger charge is 2.07. The highest BCUT2D eigenvalue weighted by molar-refractivity contribution is 7.99. The average molecular weight is 394 g/mol. The Hall–Kier alpha value is -1.93. The molecule has 140 valence electrons. The third-order valence-electron chi connectivity index (χ3n) is 3.16. The van der Waals surface area contributed by atoms with Crippen LogP contribution in [0.2, 0.25) is 0 Å². The molecule has 0 saturated heterocycles. The standard InChI is InChI=1S/C18H23N3O3S2/c1-3-9-25-11-14-10-16(22)21-18(20-14)26-12-17(23)19-13-5-7-15(8-6-13)24-4-2/h5-8,10H,3-4,9,11-12H2,1-2H3,(H,19,23)(H,20,21,22). The van der Waals surface area contributed by atoms with E-state index in [4.69, 9.17) is 4.74 Å². The molecule has 0 aliphatic carbocycles. The summed E-state index contributed by atoms with van der Waals surface area (Å²) in [5.74, 6) is 2.50. The molecule has 0 unspecified atom stereocenters. The van der Waals surface area contributed by atoms with Crippen LogP contribution in [0.5, 0.6) is 5.75 Å². The van der Waals surface area contributed by atoms with Gasteiger partial charge >= 0.3 is 0 Å². The summed E-state index contributed by atoms with van der Waals surface area (Å²) >= 11 is 2.95. The second-order valence-corrected chi connectivity index (χ2v) is 7.46. The number of hydrogen-bond donors (Lipinski definition) is 2. The van der Waals surface area contributed by atoms with Crippen molar-refractivity contribution in [3.63, 3.8) is 0 Å². The molecule has 2 N–H and O–H groups in total. The molecule has 0 radical (unpaired) electrons. The van der Waals surface area contributed by atoms with E-state index in [1.54, 1.807) is 23.9 Å². The van der Waals surface area contributed by atoms with Crippen molar-refractivity contribution in [3.8, 4) is 5.75 Å². The smallest absolute Gasteiger partial charge is 0.251 e. The Bertz CT molecular complexity index is 763. The molecule has 6 nitrogen and oxygen atoms in total. The van der Waals surface area contributed by atoms with Gasteiger partial charge in [0.2, 0.25) is 5.91 Å². The van der Waals surface area contributed by atoms with Crippen molar-refractivity contribution < 1.29 is 9.53 Å². The first kappa shape index (κ1) is 20.4. The molecule has 2 rings (SSSR count). The van der Waals surface area contributed by atoms with E-state index in [0.717, 1.165) is 23.6 Å². The molecule has 1 aromatic heterocycles. The molecule has 0 bridgehead atoms. The number of aromatic amines is 1. The van der Waals surface area contributed by atoms with Crippen molar-refractivity contribution in [1.29, 1.82) is 0 Å². The topological polar surface area (TPSA) is 84.1 Å². The summed E-state index contributed by atoms with van der Waals surface area (Å²) in [6.07, 6.45) is 1.08. The fourth-order valence-corrected chi connectivity index (χ4v) is 3.56. The van der Waals surface area contributed by atoms with Gasteiger partial charge in [0.15, 0.2) is 5.16 Å². The van der Waals surface area contributed by atoms with Crippen LogP contribution in [0.4, 0.5) is 5.69 Å². The number of benzene rings is 1. The fourth-order valence-electron chi connectivity index (χ4n) is 2.08. The molecule has 2 aromatic rings. The van der Waals surface area contributed by atoms with Crippen molar-refractivity contribution in [2.24, 2.45) is 0 Å². The first-order valence-electron chi connectivity index (χ1n) is 8.44. The summed E-state index contributed by atoms with van der Waals surface area (Å²) in [5, 5.41) is 3.28. The number of aromatic nitrogens is 2. The molecule has 26 heavy (non-hydrogen) atoms. The van der Waals surface area contributed by atoms with Gasteiger partial charge in [-0.3, -0.25) is 9.59 Å². The summed E-state index contributed by atoms with van der Waals surface area (Å²) < 4.78 is 5.37. The van der Waals surface area contributed by atoms with Crippen LogP contribution in [0.3, 0.4) is 0 Å². The van der Waals surface area contributed by atoms with Gasteiger partial charge in [0.05, 0.1) is 18.1 Å². The van der Waals surface area contributed by atoms with Crippen LogP contribution in [-0.4, -0.2) is 34.0 Å². The number of ether oxygens (including phenoxy) is 1. The molecule has 0 aliphatic heterocycles. The number of carbonyl (C=O) groups is 1. The van der Waals surface area contributed by atoms with Gasteiger partial charge in [0.1, 0.15) is 5.75 Å². The summed E-state index contributed by atoms with van der Waals surface area (Å²) in [6.45, 7) is 4.63. The molecule has 1 heterocycles. The van der Waals surface area contributed by atoms with E-state index in [1.165, 1.54) is 17.8 Å². The molecule has 0 aliphatic rings. The zero-order chi connectivity index (χ0) is 18.8. The normalized spacial score (nSPS) is 10.5. The van der Waals surface area contributed by atoms with E-state index < -0.39 is 0 Å². The lowest BCUT2D eigenvalue weighted by atomic mass is 10.3. The van der Waals surface area contributed by atoms with Crippen molar-refractivity contribution in [2.75, 3.05) is 23.4 Å². The molecule has 0 atom stereocenters. The number of amides is 1. The van der Waals surface area contributed by atoms with Gasteiger partial charge in [-0.15, -0.1) is 0 Å². The largest absolute Gasteiger partial charge is 0.494 e. The van der Waals surface area contributed by atoms with Crippen molar-refractivity contribution in [2.45, 2.75) is 31.2 Å². The van der Waals surface area contributed by atoms with Gasteiger partial charge in [0.25, 0.3) is 5.56 Å². The number of carbonyl (C=O) groups excluding carboxylic acids is 1. The first-order valence-corrected chi connectivity index (χ1v) is 10.6. The highest BCUT2D eigenvalue weighted by Crippen LogP contribution is 2.18. The van der Waals surface area contributed by atoms with E-state index in [2.05, 4.69) is 22.2 Å². The SMILES string of the molecule is CCCSCc1cc(=O)[nH]c(SCC(=O)Nc2ccc(OCC)cc2)n1. The minimum atomic E-state index is -0.193. The number of hydrogen-bond acceptors (Lipinski definition) is 6. The third kappa shape index (κ3) is 7.13. The summed E-state index contributed by atoms with van der Waals surface area (Å²) in [6, 6.07) is 8.71. The summed E-state index contributed by atoms with van der Waals surface area (Å²) in [4.78, 5) is 30.9. The number of thioether (sulfide) groups is 2. The molecular formula is C18H23N3O3S2. The summed E-state index contributed by atoms with van der Waals surface area (Å²) in [7, 11) is 0. The number of rotatable bonds is 10. The predicted octanol–water partition coefficient (Wildman–Crippen LogP) is 3.54. The van der Waals surface area contributed by atoms with Gasteiger partial charge in [-0.25, -0.2) is 4.98 Å². The van der Waals surface area contributed by atoms with Crippen LogP contribution in [0.25, 0.3) is 0 Å². The van der Waals surface area contributed by atoms with Gasteiger partial charge in [-0.05, 0) is 43.4 Å². The minimum absolute atomic E-state index is 0.160. The maximum atomic E-state index is 12.1. The average Bonchev–Trinajstić information content (AvgIpc) is 2.62. The van der Waals surface area contributed by atoms with Crippen LogP contribution >= 0.6 is 23.5 Å². The Morgan fingerprint density at radius 1 is 1.27 bits per heavy atom. The molecule has 0 spiro atoms. The van der Waals surface area contributed by atoms with E-state index >= 15 is 0 Å². The molecular weight excluding hydrogens is 370 g/mol. The fraction of sp³-hybridized carbons (Fsp3) is 0.389. The van der Waals surface area contributed by atoms with Gasteiger partial charge < -0.3 is 15.0 Å². The minimum Gasteiger partial charge on any atom is -0.494 e. The van der Waals surface area contributed by atoms with Crippen LogP contribution in [0, 0.1) is 0 Å². The molecule has 1 amide bonds. The van der Waals surface area contributed by atoms with Crippen molar-refractivity contribution in [3.05, 3.63) is 46.4 Å². The number of H-pyrrole nitrogens is 1. The van der Waals surface area contributed by atoms with E-state index in [0.29, 0.717) is 23.2 Å². The number of anilines is 1. The second-order valence-electron chi connectivity index (χ2n) is 5.39. The van der Waals surface area contributed by atoms with Crippen molar-refractivity contribution in [1.82, 2.24) is 9.97 Å². The lowest BCUT2D eigenvalue weighted by molar-refractivity contribution is -0.113. The van der Waals surface area contributed by atoms with Gasteiger partial charge in [0, 0.05) is 17.5 Å². The highest BCUT2D eigenvalue weighted by atomic mass is 32.2. The van der Waals surface area contributed by atoms with Gasteiger partial charge in [-0.1, -0.05) is 18.7 Å². The van der Waals surface area contributed by atoms with Crippen LogP contribution < -0.4 is 15.6 Å². The molecule has 8 heteroatoms. The molecule has 0 saturated carbocycles. The Kier molecular flexibility index (Phi) is 8.57. The van der Waals surface area contributed by atoms with Gasteiger partial charge in [-0.2, -0.15) is 11.8 Å². The Balaban J connectivity index is 1.87. The third-order valence-corrected chi connectivity index (χ3v) is 5.23. The Labute approximate surface area is 161 Å². The van der Waals surface area contributed by atoms with Crippen molar-refractivity contribution >= 4 is 35.1 Å². The van der Waals surface area contributed by atoms with E-state index in [1.807, 2.05) is 19.1 Å². The maximum absolute atomic E-state index is 12.1. The lowest BCUT2D eigenvalue weighted by Crippen LogP contribution is -2.15. The van der Waals surface area contributed by atoms with Crippen LogP contribution in [-0.2, 0) is 10.5 Å². The van der Waals surface area contributed by atoms with Crippen LogP contribution in [0.15, 0.2) is 40.3 Å². The quantitative estimate of drug-likeness (QED) is 0.365. The van der Waals surface area contributed by atoms with Crippen LogP contribution in [0.1, 0.15) is 26.0 Å². The monoisotopic (exact) mass is 393 g/mol. The zero-order valence-corrected chi connectivity index (χ0v) is 16.5. The second kappa shape index (κ2) is 10.9. The first-order chi connectivity index (χ1) is 12.6.